The molecule has 0 bridgehead atoms. The fourth-order valence-electron chi connectivity index (χ4n) is 3.56. The van der Waals surface area contributed by atoms with Gasteiger partial charge < -0.3 is 9.64 Å². The van der Waals surface area contributed by atoms with Crippen LogP contribution in [0.2, 0.25) is 0 Å². The zero-order valence-corrected chi connectivity index (χ0v) is 16.3. The molecule has 1 aliphatic rings. The molecule has 0 N–H and O–H groups in total. The number of benzene rings is 1. The molecule has 2 heterocycles. The molecule has 3 rings (SSSR count). The van der Waals surface area contributed by atoms with Crippen LogP contribution in [-0.2, 0) is 20.9 Å². The van der Waals surface area contributed by atoms with Gasteiger partial charge in [-0.05, 0) is 44.7 Å². The van der Waals surface area contributed by atoms with Crippen LogP contribution in [0.3, 0.4) is 0 Å². The third-order valence-electron chi connectivity index (χ3n) is 4.95. The Morgan fingerprint density at radius 1 is 1.18 bits per heavy atom. The largest absolute Gasteiger partial charge is 0.452 e. The first-order valence-corrected chi connectivity index (χ1v) is 9.63. The third-order valence-corrected chi connectivity index (χ3v) is 4.95. The van der Waals surface area contributed by atoms with E-state index < -0.39 is 5.97 Å². The summed E-state index contributed by atoms with van der Waals surface area (Å²) in [4.78, 5) is 26.1. The van der Waals surface area contributed by atoms with Gasteiger partial charge in [0.1, 0.15) is 5.69 Å². The normalized spacial score (nSPS) is 19.7. The summed E-state index contributed by atoms with van der Waals surface area (Å²) >= 11 is 0. The smallest absolute Gasteiger partial charge is 0.331 e. The predicted molar refractivity (Wildman–Crippen MR) is 105 cm³/mol. The van der Waals surface area contributed by atoms with Gasteiger partial charge in [-0.2, -0.15) is 0 Å². The molecule has 1 saturated heterocycles. The summed E-state index contributed by atoms with van der Waals surface area (Å²) in [5.74, 6) is -0.710. The molecule has 1 amide bonds. The van der Waals surface area contributed by atoms with Crippen molar-refractivity contribution in [3.05, 3.63) is 53.9 Å². The Morgan fingerprint density at radius 3 is 2.61 bits per heavy atom. The molecule has 0 saturated carbocycles. The predicted octanol–water partition coefficient (Wildman–Crippen LogP) is 2.67. The first-order chi connectivity index (χ1) is 13.5. The lowest BCUT2D eigenvalue weighted by Gasteiger charge is -2.38. The van der Waals surface area contributed by atoms with E-state index in [0.717, 1.165) is 24.8 Å². The molecule has 0 radical (unpaired) electrons. The third kappa shape index (κ3) is 5.28. The van der Waals surface area contributed by atoms with Crippen LogP contribution < -0.4 is 0 Å². The number of carbonyl (C=O) groups is 2. The fraction of sp³-hybridized carbons (Fsp3) is 0.429. The lowest BCUT2D eigenvalue weighted by atomic mass is 9.97. The number of carbonyl (C=O) groups excluding carboxylic acids is 2. The van der Waals surface area contributed by atoms with Gasteiger partial charge in [0.15, 0.2) is 6.61 Å². The van der Waals surface area contributed by atoms with Crippen molar-refractivity contribution in [3.63, 3.8) is 0 Å². The van der Waals surface area contributed by atoms with E-state index in [4.69, 9.17) is 4.74 Å². The maximum absolute atomic E-state index is 12.4. The number of aromatic nitrogens is 3. The highest BCUT2D eigenvalue weighted by molar-refractivity contribution is 5.89. The molecule has 1 aromatic heterocycles. The minimum atomic E-state index is -0.566. The SMILES string of the molecule is C[C@@H]1CCC[C@H](C)N1C(=O)COC(=O)/C=C/c1cn(Cc2ccccc2)nn1. The van der Waals surface area contributed by atoms with Crippen molar-refractivity contribution < 1.29 is 14.3 Å². The standard InChI is InChI=1S/C21H26N4O3/c1-16-7-6-8-17(2)25(16)20(26)15-28-21(27)12-11-19-14-24(23-22-19)13-18-9-4-3-5-10-18/h3-5,9-12,14,16-17H,6-8,13,15H2,1-2H3/b12-11+/t16-,17+. The minimum absolute atomic E-state index is 0.143. The zero-order valence-electron chi connectivity index (χ0n) is 16.3. The second kappa shape index (κ2) is 9.30. The van der Waals surface area contributed by atoms with E-state index in [2.05, 4.69) is 10.3 Å². The van der Waals surface area contributed by atoms with E-state index in [-0.39, 0.29) is 24.6 Å². The van der Waals surface area contributed by atoms with E-state index in [1.54, 1.807) is 10.9 Å². The summed E-state index contributed by atoms with van der Waals surface area (Å²) in [5.41, 5.74) is 1.67. The number of piperidine rings is 1. The van der Waals surface area contributed by atoms with Crippen LogP contribution in [0.4, 0.5) is 0 Å². The summed E-state index contributed by atoms with van der Waals surface area (Å²) in [6.45, 7) is 4.44. The first kappa shape index (κ1) is 19.8. The molecular weight excluding hydrogens is 356 g/mol. The summed E-state index contributed by atoms with van der Waals surface area (Å²) in [6.07, 6.45) is 7.66. The fourth-order valence-corrected chi connectivity index (χ4v) is 3.56. The van der Waals surface area contributed by atoms with Gasteiger partial charge in [-0.25, -0.2) is 9.48 Å². The number of esters is 1. The molecule has 1 fully saturated rings. The van der Waals surface area contributed by atoms with Gasteiger partial charge in [-0.15, -0.1) is 5.10 Å². The number of hydrogen-bond donors (Lipinski definition) is 0. The van der Waals surface area contributed by atoms with Crippen molar-refractivity contribution >= 4 is 18.0 Å². The van der Waals surface area contributed by atoms with Gasteiger partial charge in [0.2, 0.25) is 0 Å². The Kier molecular flexibility index (Phi) is 6.57. The quantitative estimate of drug-likeness (QED) is 0.567. The summed E-state index contributed by atoms with van der Waals surface area (Å²) < 4.78 is 6.80. The molecule has 148 valence electrons. The second-order valence-corrected chi connectivity index (χ2v) is 7.20. The number of rotatable bonds is 6. The number of ether oxygens (including phenoxy) is 1. The molecule has 28 heavy (non-hydrogen) atoms. The van der Waals surface area contributed by atoms with E-state index in [1.165, 1.54) is 12.2 Å². The molecule has 7 heteroatoms. The monoisotopic (exact) mass is 382 g/mol. The molecule has 2 aromatic rings. The van der Waals surface area contributed by atoms with Crippen LogP contribution in [0.15, 0.2) is 42.6 Å². The summed E-state index contributed by atoms with van der Waals surface area (Å²) in [5, 5.41) is 8.06. The summed E-state index contributed by atoms with van der Waals surface area (Å²) in [6, 6.07) is 10.3. The molecule has 1 aliphatic heterocycles. The van der Waals surface area contributed by atoms with Crippen molar-refractivity contribution in [1.29, 1.82) is 0 Å². The van der Waals surface area contributed by atoms with Crippen molar-refractivity contribution in [2.45, 2.75) is 51.7 Å². The highest BCUT2D eigenvalue weighted by Crippen LogP contribution is 2.22. The van der Waals surface area contributed by atoms with Gasteiger partial charge in [-0.3, -0.25) is 4.79 Å². The van der Waals surface area contributed by atoms with Crippen LogP contribution in [0.5, 0.6) is 0 Å². The second-order valence-electron chi connectivity index (χ2n) is 7.20. The van der Waals surface area contributed by atoms with Crippen molar-refractivity contribution in [1.82, 2.24) is 19.9 Å². The van der Waals surface area contributed by atoms with E-state index in [1.807, 2.05) is 49.1 Å². The average Bonchev–Trinajstić information content (AvgIpc) is 3.12. The average molecular weight is 382 g/mol. The number of nitrogens with zero attached hydrogens (tertiary/aromatic N) is 4. The van der Waals surface area contributed by atoms with Gasteiger partial charge >= 0.3 is 5.97 Å². The maximum atomic E-state index is 12.4. The number of hydrogen-bond acceptors (Lipinski definition) is 5. The Balaban J connectivity index is 1.48. The van der Waals surface area contributed by atoms with Crippen molar-refractivity contribution in [2.24, 2.45) is 0 Å². The van der Waals surface area contributed by atoms with Gasteiger partial charge in [0.25, 0.3) is 5.91 Å². The van der Waals surface area contributed by atoms with Gasteiger partial charge in [0.05, 0.1) is 12.7 Å². The first-order valence-electron chi connectivity index (χ1n) is 9.63. The molecular formula is C21H26N4O3. The lowest BCUT2D eigenvalue weighted by Crippen LogP contribution is -2.49. The van der Waals surface area contributed by atoms with E-state index in [0.29, 0.717) is 12.2 Å². The van der Waals surface area contributed by atoms with Crippen molar-refractivity contribution in [2.75, 3.05) is 6.61 Å². The Morgan fingerprint density at radius 2 is 1.89 bits per heavy atom. The Hall–Kier alpha value is -2.96. The topological polar surface area (TPSA) is 77.3 Å². The van der Waals surface area contributed by atoms with Crippen LogP contribution in [0.25, 0.3) is 6.08 Å². The van der Waals surface area contributed by atoms with Gasteiger partial charge in [0, 0.05) is 18.2 Å². The van der Waals surface area contributed by atoms with Crippen LogP contribution >= 0.6 is 0 Å². The highest BCUT2D eigenvalue weighted by Gasteiger charge is 2.29. The number of amides is 1. The van der Waals surface area contributed by atoms with E-state index in [9.17, 15) is 9.59 Å². The number of likely N-dealkylation sites (tertiary alicyclic amines) is 1. The van der Waals surface area contributed by atoms with E-state index >= 15 is 0 Å². The molecule has 0 aliphatic carbocycles. The molecule has 0 unspecified atom stereocenters. The molecule has 1 aromatic carbocycles. The Labute approximate surface area is 165 Å². The Bertz CT molecular complexity index is 821. The molecule has 7 nitrogen and oxygen atoms in total. The molecule has 0 spiro atoms. The van der Waals surface area contributed by atoms with Crippen molar-refractivity contribution in [3.8, 4) is 0 Å². The summed E-state index contributed by atoms with van der Waals surface area (Å²) in [7, 11) is 0. The molecule has 2 atom stereocenters. The zero-order chi connectivity index (χ0) is 19.9. The maximum Gasteiger partial charge on any atom is 0.331 e. The minimum Gasteiger partial charge on any atom is -0.452 e. The highest BCUT2D eigenvalue weighted by atomic mass is 16.5. The van der Waals surface area contributed by atoms with Crippen LogP contribution in [-0.4, -0.2) is 50.5 Å². The van der Waals surface area contributed by atoms with Gasteiger partial charge in [-0.1, -0.05) is 35.5 Å². The lowest BCUT2D eigenvalue weighted by molar-refractivity contribution is -0.151. The van der Waals surface area contributed by atoms with Crippen LogP contribution in [0.1, 0.15) is 44.4 Å². The van der Waals surface area contributed by atoms with Crippen LogP contribution in [0, 0.1) is 0 Å².